The van der Waals surface area contributed by atoms with Crippen LogP contribution in [0.5, 0.6) is 0 Å². The zero-order valence-electron chi connectivity index (χ0n) is 21.9. The molecule has 200 valence electrons. The molecule has 5 rings (SSSR count). The van der Waals surface area contributed by atoms with Crippen LogP contribution in [0.25, 0.3) is 17.2 Å². The number of nitrogens with zero attached hydrogens (tertiary/aromatic N) is 2. The van der Waals surface area contributed by atoms with Crippen molar-refractivity contribution in [3.05, 3.63) is 89.0 Å². The topological polar surface area (TPSA) is 99.5 Å². The third-order valence-electron chi connectivity index (χ3n) is 7.41. The van der Waals surface area contributed by atoms with E-state index in [-0.39, 0.29) is 23.0 Å². The molecular formula is C31H31N3O4S. The van der Waals surface area contributed by atoms with E-state index in [4.69, 9.17) is 10.00 Å². The average molecular weight is 542 g/mol. The molecule has 8 heteroatoms. The van der Waals surface area contributed by atoms with Gasteiger partial charge in [0.15, 0.2) is 9.84 Å². The summed E-state index contributed by atoms with van der Waals surface area (Å²) in [5.74, 6) is -0.443. The molecule has 0 radical (unpaired) electrons. The van der Waals surface area contributed by atoms with Crippen molar-refractivity contribution in [1.82, 2.24) is 4.90 Å². The molecule has 0 spiro atoms. The fraction of sp³-hybridized carbons (Fsp3) is 0.290. The molecule has 0 aliphatic carbocycles. The van der Waals surface area contributed by atoms with Gasteiger partial charge in [0.25, 0.3) is 5.91 Å². The van der Waals surface area contributed by atoms with Crippen molar-refractivity contribution in [2.75, 3.05) is 31.3 Å². The molecular weight excluding hydrogens is 510 g/mol. The molecule has 0 atom stereocenters. The first-order chi connectivity index (χ1) is 18.8. The van der Waals surface area contributed by atoms with Crippen molar-refractivity contribution in [1.29, 1.82) is 5.26 Å². The van der Waals surface area contributed by atoms with E-state index in [0.717, 1.165) is 49.3 Å². The molecule has 2 aliphatic heterocycles. The Kier molecular flexibility index (Phi) is 7.94. The van der Waals surface area contributed by atoms with Gasteiger partial charge in [0, 0.05) is 37.1 Å². The van der Waals surface area contributed by atoms with E-state index in [1.165, 1.54) is 0 Å². The number of nitriles is 1. The van der Waals surface area contributed by atoms with Gasteiger partial charge in [-0.1, -0.05) is 30.3 Å². The Hall–Kier alpha value is -3.77. The number of sulfone groups is 1. The molecule has 3 aromatic carbocycles. The van der Waals surface area contributed by atoms with Crippen molar-refractivity contribution in [2.24, 2.45) is 0 Å². The summed E-state index contributed by atoms with van der Waals surface area (Å²) in [6.45, 7) is 2.43. The van der Waals surface area contributed by atoms with E-state index in [2.05, 4.69) is 23.3 Å². The highest BCUT2D eigenvalue weighted by atomic mass is 32.2. The van der Waals surface area contributed by atoms with Gasteiger partial charge in [-0.3, -0.25) is 9.69 Å². The molecule has 1 fully saturated rings. The maximum atomic E-state index is 13.2. The van der Waals surface area contributed by atoms with E-state index < -0.39 is 9.84 Å². The summed E-state index contributed by atoms with van der Waals surface area (Å²) in [4.78, 5) is 15.8. The Morgan fingerprint density at radius 3 is 2.41 bits per heavy atom. The first kappa shape index (κ1) is 26.8. The van der Waals surface area contributed by atoms with Crippen molar-refractivity contribution < 1.29 is 17.9 Å². The maximum absolute atomic E-state index is 13.2. The quantitative estimate of drug-likeness (QED) is 0.470. The Bertz CT molecular complexity index is 1530. The molecule has 0 unspecified atom stereocenters. The minimum Gasteiger partial charge on any atom is -0.381 e. The minimum atomic E-state index is -3.54. The molecule has 2 heterocycles. The number of ether oxygens (including phenoxy) is 1. The second-order valence-corrected chi connectivity index (χ2v) is 12.2. The van der Waals surface area contributed by atoms with E-state index >= 15 is 0 Å². The lowest BCUT2D eigenvalue weighted by molar-refractivity contribution is -0.112. The van der Waals surface area contributed by atoms with Crippen LogP contribution >= 0.6 is 0 Å². The lowest BCUT2D eigenvalue weighted by Gasteiger charge is -2.31. The zero-order chi connectivity index (χ0) is 27.4. The SMILES string of the molecule is CN(Cc1ccc(NC(=O)C2=Cc3cc(-c4ccc(C#N)cc4)ccc3S(=O)(=O)CC2)cc1)C1CCOCC1. The second-order valence-electron chi connectivity index (χ2n) is 10.1. The molecule has 1 amide bonds. The van der Waals surface area contributed by atoms with Crippen LogP contribution in [0.15, 0.2) is 77.2 Å². The van der Waals surface area contributed by atoms with Crippen LogP contribution in [-0.2, 0) is 25.9 Å². The number of anilines is 1. The molecule has 0 bridgehead atoms. The largest absolute Gasteiger partial charge is 0.381 e. The van der Waals surface area contributed by atoms with Crippen molar-refractivity contribution >= 4 is 27.5 Å². The van der Waals surface area contributed by atoms with Crippen molar-refractivity contribution in [3.8, 4) is 17.2 Å². The maximum Gasteiger partial charge on any atom is 0.251 e. The van der Waals surface area contributed by atoms with Gasteiger partial charge in [-0.25, -0.2) is 8.42 Å². The number of carbonyl (C=O) groups is 1. The van der Waals surface area contributed by atoms with Crippen LogP contribution in [0, 0.1) is 11.3 Å². The van der Waals surface area contributed by atoms with Crippen LogP contribution in [0.4, 0.5) is 5.69 Å². The van der Waals surface area contributed by atoms with Gasteiger partial charge in [-0.05, 0) is 91.0 Å². The number of carbonyl (C=O) groups excluding carboxylic acids is 1. The normalized spacial score (nSPS) is 17.0. The number of hydrogen-bond acceptors (Lipinski definition) is 6. The number of fused-ring (bicyclic) bond motifs is 1. The number of rotatable bonds is 6. The van der Waals surface area contributed by atoms with E-state index in [1.54, 1.807) is 36.4 Å². The molecule has 0 saturated carbocycles. The predicted molar refractivity (Wildman–Crippen MR) is 152 cm³/mol. The summed E-state index contributed by atoms with van der Waals surface area (Å²) in [5, 5.41) is 12.0. The van der Waals surface area contributed by atoms with Gasteiger partial charge in [-0.2, -0.15) is 5.26 Å². The van der Waals surface area contributed by atoms with Crippen LogP contribution in [0.3, 0.4) is 0 Å². The molecule has 39 heavy (non-hydrogen) atoms. The first-order valence-corrected chi connectivity index (χ1v) is 14.7. The molecule has 1 saturated heterocycles. The second kappa shape index (κ2) is 11.5. The van der Waals surface area contributed by atoms with Gasteiger partial charge in [0.2, 0.25) is 0 Å². The first-order valence-electron chi connectivity index (χ1n) is 13.1. The van der Waals surface area contributed by atoms with Crippen LogP contribution in [0.2, 0.25) is 0 Å². The lowest BCUT2D eigenvalue weighted by atomic mass is 10.00. The number of nitrogens with one attached hydrogen (secondary N) is 1. The van der Waals surface area contributed by atoms with Gasteiger partial charge in [-0.15, -0.1) is 0 Å². The highest BCUT2D eigenvalue weighted by Crippen LogP contribution is 2.31. The summed E-state index contributed by atoms with van der Waals surface area (Å²) in [6, 6.07) is 22.7. The summed E-state index contributed by atoms with van der Waals surface area (Å²) in [6.07, 6.45) is 3.88. The minimum absolute atomic E-state index is 0.128. The fourth-order valence-electron chi connectivity index (χ4n) is 5.10. The van der Waals surface area contributed by atoms with Gasteiger partial charge in [0.1, 0.15) is 0 Å². The summed E-state index contributed by atoms with van der Waals surface area (Å²) >= 11 is 0. The van der Waals surface area contributed by atoms with E-state index in [1.807, 2.05) is 36.4 Å². The Labute approximate surface area is 229 Å². The summed E-state index contributed by atoms with van der Waals surface area (Å²) in [5.41, 5.74) is 4.95. The average Bonchev–Trinajstić information content (AvgIpc) is 3.09. The van der Waals surface area contributed by atoms with Crippen molar-refractivity contribution in [3.63, 3.8) is 0 Å². The summed E-state index contributed by atoms with van der Waals surface area (Å²) < 4.78 is 31.4. The number of hydrogen-bond donors (Lipinski definition) is 1. The summed E-state index contributed by atoms with van der Waals surface area (Å²) in [7, 11) is -1.41. The highest BCUT2D eigenvalue weighted by Gasteiger charge is 2.25. The van der Waals surface area contributed by atoms with E-state index in [9.17, 15) is 13.2 Å². The van der Waals surface area contributed by atoms with Gasteiger partial charge >= 0.3 is 0 Å². The van der Waals surface area contributed by atoms with Crippen LogP contribution in [0.1, 0.15) is 36.0 Å². The monoisotopic (exact) mass is 541 g/mol. The third-order valence-corrected chi connectivity index (χ3v) is 9.20. The van der Waals surface area contributed by atoms with E-state index in [0.29, 0.717) is 28.4 Å². The third kappa shape index (κ3) is 6.28. The number of amides is 1. The Morgan fingerprint density at radius 1 is 1.03 bits per heavy atom. The fourth-order valence-corrected chi connectivity index (χ4v) is 6.56. The van der Waals surface area contributed by atoms with Crippen molar-refractivity contribution in [2.45, 2.75) is 36.7 Å². The molecule has 1 N–H and O–H groups in total. The Morgan fingerprint density at radius 2 is 1.72 bits per heavy atom. The smallest absolute Gasteiger partial charge is 0.251 e. The zero-order valence-corrected chi connectivity index (χ0v) is 22.7. The highest BCUT2D eigenvalue weighted by molar-refractivity contribution is 7.91. The predicted octanol–water partition coefficient (Wildman–Crippen LogP) is 5.04. The van der Waals surface area contributed by atoms with Crippen LogP contribution in [-0.4, -0.2) is 51.3 Å². The molecule has 3 aromatic rings. The Balaban J connectivity index is 1.32. The standard InChI is InChI=1S/C31H31N3O4S/c1-34(29-12-15-38-16-13-29)21-23-4-9-28(10-5-23)33-31(35)26-14-17-39(36,37)30-11-8-25(18-27(30)19-26)24-6-2-22(20-32)3-7-24/h2-11,18-19,29H,12-17,21H2,1H3,(H,33,35). The van der Waals surface area contributed by atoms with Gasteiger partial charge < -0.3 is 10.1 Å². The molecule has 0 aromatic heterocycles. The molecule has 7 nitrogen and oxygen atoms in total. The number of benzene rings is 3. The van der Waals surface area contributed by atoms with Crippen LogP contribution < -0.4 is 5.32 Å². The van der Waals surface area contributed by atoms with Gasteiger partial charge in [0.05, 0.1) is 22.3 Å². The lowest BCUT2D eigenvalue weighted by Crippen LogP contribution is -2.36. The molecule has 2 aliphatic rings.